The summed E-state index contributed by atoms with van der Waals surface area (Å²) in [5, 5.41) is 4.47. The zero-order chi connectivity index (χ0) is 13.4. The number of hydrogen-bond acceptors (Lipinski definition) is 2. The van der Waals surface area contributed by atoms with Gasteiger partial charge in [0.15, 0.2) is 0 Å². The molecule has 19 heavy (non-hydrogen) atoms. The van der Waals surface area contributed by atoms with Crippen molar-refractivity contribution in [2.75, 3.05) is 0 Å². The molecule has 3 rings (SSSR count). The highest BCUT2D eigenvalue weighted by molar-refractivity contribution is 7.16. The monoisotopic (exact) mass is 311 g/mol. The van der Waals surface area contributed by atoms with Gasteiger partial charge >= 0.3 is 0 Å². The van der Waals surface area contributed by atoms with E-state index in [4.69, 9.17) is 23.2 Å². The van der Waals surface area contributed by atoms with Gasteiger partial charge in [0, 0.05) is 22.0 Å². The normalized spacial score (nSPS) is 19.4. The Morgan fingerprint density at radius 1 is 1.32 bits per heavy atom. The summed E-state index contributed by atoms with van der Waals surface area (Å²) in [5.41, 5.74) is 2.60. The van der Waals surface area contributed by atoms with Crippen LogP contribution in [0.5, 0.6) is 0 Å². The van der Waals surface area contributed by atoms with E-state index in [1.54, 1.807) is 11.3 Å². The molecule has 2 aromatic rings. The van der Waals surface area contributed by atoms with Gasteiger partial charge in [0.05, 0.1) is 4.34 Å². The molecule has 100 valence electrons. The van der Waals surface area contributed by atoms with Gasteiger partial charge in [-0.2, -0.15) is 0 Å². The Morgan fingerprint density at radius 2 is 2.16 bits per heavy atom. The average molecular weight is 312 g/mol. The lowest BCUT2D eigenvalue weighted by Gasteiger charge is -2.20. The minimum atomic E-state index is 0.285. The number of thiophene rings is 1. The van der Waals surface area contributed by atoms with Gasteiger partial charge < -0.3 is 5.32 Å². The summed E-state index contributed by atoms with van der Waals surface area (Å²) in [7, 11) is 0. The number of fused-ring (bicyclic) bond motifs is 1. The molecule has 1 aliphatic carbocycles. The number of nitrogens with one attached hydrogen (secondary N) is 1. The first kappa shape index (κ1) is 13.4. The maximum Gasteiger partial charge on any atom is 0.0934 e. The van der Waals surface area contributed by atoms with Crippen LogP contribution >= 0.6 is 34.5 Å². The summed E-state index contributed by atoms with van der Waals surface area (Å²) < 4.78 is 0.895. The predicted molar refractivity (Wildman–Crippen MR) is 83.4 cm³/mol. The lowest BCUT2D eigenvalue weighted by molar-refractivity contribution is 0.465. The van der Waals surface area contributed by atoms with Gasteiger partial charge in [-0.15, -0.1) is 11.3 Å². The van der Waals surface area contributed by atoms with Crippen molar-refractivity contribution in [2.24, 2.45) is 0 Å². The molecule has 0 spiro atoms. The molecule has 0 aliphatic heterocycles. The Bertz CT molecular complexity index is 594. The number of aryl methyl sites for hydroxylation is 1. The third-order valence-corrected chi connectivity index (χ3v) is 5.22. The lowest BCUT2D eigenvalue weighted by Crippen LogP contribution is -2.22. The van der Waals surface area contributed by atoms with Crippen molar-refractivity contribution < 1.29 is 0 Å². The second-order valence-corrected chi connectivity index (χ2v) is 7.17. The predicted octanol–water partition coefficient (Wildman–Crippen LogP) is 5.39. The lowest BCUT2D eigenvalue weighted by atomic mass is 10.1. The van der Waals surface area contributed by atoms with E-state index in [2.05, 4.69) is 24.4 Å². The van der Waals surface area contributed by atoms with Crippen molar-refractivity contribution in [1.29, 1.82) is 0 Å². The smallest absolute Gasteiger partial charge is 0.0934 e. The fraction of sp³-hybridized carbons (Fsp3) is 0.333. The molecule has 1 aliphatic rings. The Hall–Kier alpha value is -0.540. The van der Waals surface area contributed by atoms with Gasteiger partial charge in [-0.05, 0) is 49.1 Å². The molecule has 1 aromatic carbocycles. The number of benzene rings is 1. The van der Waals surface area contributed by atoms with Crippen molar-refractivity contribution >= 4 is 34.5 Å². The minimum Gasteiger partial charge on any atom is -0.303 e. The van der Waals surface area contributed by atoms with Gasteiger partial charge in [0.25, 0.3) is 0 Å². The average Bonchev–Trinajstić information content (AvgIpc) is 2.90. The van der Waals surface area contributed by atoms with E-state index in [1.165, 1.54) is 16.0 Å². The maximum absolute atomic E-state index is 6.09. The van der Waals surface area contributed by atoms with Crippen molar-refractivity contribution in [3.8, 4) is 0 Å². The molecule has 1 nitrogen and oxygen atoms in total. The maximum atomic E-state index is 6.09. The third kappa shape index (κ3) is 2.82. The van der Waals surface area contributed by atoms with Crippen LogP contribution in [-0.2, 0) is 6.42 Å². The van der Waals surface area contributed by atoms with Gasteiger partial charge in [0.2, 0.25) is 0 Å². The van der Waals surface area contributed by atoms with E-state index in [0.717, 1.165) is 22.2 Å². The molecule has 1 heterocycles. The summed E-state index contributed by atoms with van der Waals surface area (Å²) in [6.07, 6.45) is 2.29. The first-order chi connectivity index (χ1) is 9.13. The van der Waals surface area contributed by atoms with Crippen LogP contribution in [0.3, 0.4) is 0 Å². The summed E-state index contributed by atoms with van der Waals surface area (Å²) in [4.78, 5) is 1.43. The Balaban J connectivity index is 1.75. The molecule has 0 radical (unpaired) electrons. The van der Waals surface area contributed by atoms with Crippen LogP contribution in [0.25, 0.3) is 0 Å². The molecule has 0 saturated carbocycles. The second-order valence-electron chi connectivity index (χ2n) is 4.96. The molecule has 1 aromatic heterocycles. The zero-order valence-corrected chi connectivity index (χ0v) is 12.9. The molecule has 1 N–H and O–H groups in total. The Kier molecular flexibility index (Phi) is 3.86. The number of hydrogen-bond donors (Lipinski definition) is 1. The molecule has 0 saturated heterocycles. The topological polar surface area (TPSA) is 12.0 Å². The van der Waals surface area contributed by atoms with Gasteiger partial charge in [-0.1, -0.05) is 35.3 Å². The summed E-state index contributed by atoms with van der Waals surface area (Å²) in [5.74, 6) is 0. The summed E-state index contributed by atoms with van der Waals surface area (Å²) in [6, 6.07) is 10.8. The van der Waals surface area contributed by atoms with E-state index in [0.29, 0.717) is 6.04 Å². The highest BCUT2D eigenvalue weighted by Crippen LogP contribution is 2.40. The standard InChI is InChI=1S/C15H15Cl2NS/c1-9(10-3-2-4-11(16)7-10)18-13-5-6-14-12(13)8-15(17)19-14/h2-4,7-9,13,18H,5-6H2,1H3/t9-,13?/m1/s1. The largest absolute Gasteiger partial charge is 0.303 e. The van der Waals surface area contributed by atoms with Crippen molar-refractivity contribution in [3.05, 3.63) is 55.7 Å². The highest BCUT2D eigenvalue weighted by Gasteiger charge is 2.26. The first-order valence-electron chi connectivity index (χ1n) is 6.43. The number of halogens is 2. The van der Waals surface area contributed by atoms with Crippen LogP contribution in [0.4, 0.5) is 0 Å². The number of rotatable bonds is 3. The second kappa shape index (κ2) is 5.45. The summed E-state index contributed by atoms with van der Waals surface area (Å²) in [6.45, 7) is 2.18. The SMILES string of the molecule is C[C@@H](NC1CCc2sc(Cl)cc21)c1cccc(Cl)c1. The summed E-state index contributed by atoms with van der Waals surface area (Å²) >= 11 is 13.8. The molecular weight excluding hydrogens is 297 g/mol. The van der Waals surface area contributed by atoms with Crippen LogP contribution in [0.1, 0.15) is 41.4 Å². The fourth-order valence-corrected chi connectivity index (χ4v) is 4.23. The Labute approximate surface area is 127 Å². The van der Waals surface area contributed by atoms with E-state index in [-0.39, 0.29) is 6.04 Å². The Morgan fingerprint density at radius 3 is 2.95 bits per heavy atom. The molecule has 0 bridgehead atoms. The molecule has 1 unspecified atom stereocenters. The van der Waals surface area contributed by atoms with Crippen LogP contribution in [0.2, 0.25) is 9.36 Å². The third-order valence-electron chi connectivity index (χ3n) is 3.65. The van der Waals surface area contributed by atoms with Crippen LogP contribution in [0.15, 0.2) is 30.3 Å². The first-order valence-corrected chi connectivity index (χ1v) is 8.00. The minimum absolute atomic E-state index is 0.285. The van der Waals surface area contributed by atoms with Crippen molar-refractivity contribution in [1.82, 2.24) is 5.32 Å². The van der Waals surface area contributed by atoms with E-state index in [1.807, 2.05) is 18.2 Å². The van der Waals surface area contributed by atoms with Crippen LogP contribution < -0.4 is 5.32 Å². The molecular formula is C15H15Cl2NS. The fourth-order valence-electron chi connectivity index (χ4n) is 2.68. The van der Waals surface area contributed by atoms with Crippen LogP contribution in [0, 0.1) is 0 Å². The molecule has 2 atom stereocenters. The van der Waals surface area contributed by atoms with Crippen molar-refractivity contribution in [3.63, 3.8) is 0 Å². The van der Waals surface area contributed by atoms with E-state index in [9.17, 15) is 0 Å². The van der Waals surface area contributed by atoms with E-state index >= 15 is 0 Å². The quantitative estimate of drug-likeness (QED) is 0.801. The zero-order valence-electron chi connectivity index (χ0n) is 10.6. The molecule has 4 heteroatoms. The molecule has 0 fully saturated rings. The van der Waals surface area contributed by atoms with E-state index < -0.39 is 0 Å². The molecule has 0 amide bonds. The highest BCUT2D eigenvalue weighted by atomic mass is 35.5. The van der Waals surface area contributed by atoms with Gasteiger partial charge in [0.1, 0.15) is 0 Å². The van der Waals surface area contributed by atoms with Gasteiger partial charge in [-0.3, -0.25) is 0 Å². The van der Waals surface area contributed by atoms with Gasteiger partial charge in [-0.25, -0.2) is 0 Å². The van der Waals surface area contributed by atoms with Crippen molar-refractivity contribution in [2.45, 2.75) is 31.8 Å². The van der Waals surface area contributed by atoms with Crippen LogP contribution in [-0.4, -0.2) is 0 Å².